The summed E-state index contributed by atoms with van der Waals surface area (Å²) in [7, 11) is 0. The molecule has 0 fully saturated rings. The minimum atomic E-state index is -0.949. The first-order valence-corrected chi connectivity index (χ1v) is 9.27. The molecule has 2 aromatic heterocycles. The normalized spacial score (nSPS) is 14.4. The smallest absolute Gasteiger partial charge is 0.191 e. The van der Waals surface area contributed by atoms with E-state index in [9.17, 15) is 5.11 Å². The SMILES string of the molecule is CCNC(=NCc1cc2ccccc2o1)NCC(C)(O)c1ccsc1. The maximum atomic E-state index is 10.6. The molecule has 3 N–H and O–H groups in total. The summed E-state index contributed by atoms with van der Waals surface area (Å²) in [4.78, 5) is 4.56. The number of nitrogens with zero attached hydrogens (tertiary/aromatic N) is 1. The first-order valence-electron chi connectivity index (χ1n) is 8.33. The van der Waals surface area contributed by atoms with Crippen LogP contribution >= 0.6 is 11.3 Å². The van der Waals surface area contributed by atoms with Crippen LogP contribution in [0.3, 0.4) is 0 Å². The Morgan fingerprint density at radius 3 is 2.84 bits per heavy atom. The molecule has 1 aromatic carbocycles. The van der Waals surface area contributed by atoms with Crippen molar-refractivity contribution in [2.75, 3.05) is 13.1 Å². The Kier molecular flexibility index (Phi) is 5.40. The molecule has 6 heteroatoms. The van der Waals surface area contributed by atoms with Gasteiger partial charge in [0.1, 0.15) is 23.5 Å². The highest BCUT2D eigenvalue weighted by atomic mass is 32.1. The third-order valence-electron chi connectivity index (χ3n) is 3.96. The van der Waals surface area contributed by atoms with Crippen LogP contribution in [0.1, 0.15) is 25.2 Å². The topological polar surface area (TPSA) is 69.8 Å². The number of rotatable bonds is 6. The van der Waals surface area contributed by atoms with E-state index in [1.165, 1.54) is 0 Å². The summed E-state index contributed by atoms with van der Waals surface area (Å²) in [6.07, 6.45) is 0. The van der Waals surface area contributed by atoms with Crippen molar-refractivity contribution < 1.29 is 9.52 Å². The van der Waals surface area contributed by atoms with Crippen molar-refractivity contribution in [3.8, 4) is 0 Å². The molecule has 0 amide bonds. The van der Waals surface area contributed by atoms with Gasteiger partial charge in [0.15, 0.2) is 5.96 Å². The molecule has 0 aliphatic carbocycles. The molecule has 0 aliphatic rings. The van der Waals surface area contributed by atoms with Crippen molar-refractivity contribution in [3.05, 3.63) is 58.5 Å². The molecule has 132 valence electrons. The van der Waals surface area contributed by atoms with Gasteiger partial charge in [0.25, 0.3) is 0 Å². The summed E-state index contributed by atoms with van der Waals surface area (Å²) < 4.78 is 5.79. The van der Waals surface area contributed by atoms with Gasteiger partial charge in [-0.3, -0.25) is 0 Å². The number of aliphatic hydroxyl groups is 1. The van der Waals surface area contributed by atoms with Gasteiger partial charge in [0, 0.05) is 11.9 Å². The van der Waals surface area contributed by atoms with Crippen LogP contribution in [0.15, 0.2) is 56.6 Å². The molecule has 0 aliphatic heterocycles. The number of guanidine groups is 1. The molecule has 0 saturated heterocycles. The van der Waals surface area contributed by atoms with Gasteiger partial charge in [-0.05, 0) is 48.4 Å². The number of nitrogens with one attached hydrogen (secondary N) is 2. The first-order chi connectivity index (χ1) is 12.1. The molecule has 0 spiro atoms. The molecule has 1 unspecified atom stereocenters. The van der Waals surface area contributed by atoms with Gasteiger partial charge in [0.2, 0.25) is 0 Å². The molecule has 3 aromatic rings. The molecule has 0 saturated carbocycles. The highest BCUT2D eigenvalue weighted by Crippen LogP contribution is 2.22. The zero-order chi connectivity index (χ0) is 17.7. The molecule has 5 nitrogen and oxygen atoms in total. The first kappa shape index (κ1) is 17.5. The summed E-state index contributed by atoms with van der Waals surface area (Å²) in [5.74, 6) is 1.46. The van der Waals surface area contributed by atoms with E-state index in [0.29, 0.717) is 19.0 Å². The van der Waals surface area contributed by atoms with Gasteiger partial charge in [-0.2, -0.15) is 11.3 Å². The maximum Gasteiger partial charge on any atom is 0.191 e. The number of aliphatic imine (C=N–C) groups is 1. The quantitative estimate of drug-likeness (QED) is 0.467. The second kappa shape index (κ2) is 7.72. The summed E-state index contributed by atoms with van der Waals surface area (Å²) in [5.41, 5.74) is 0.819. The minimum Gasteiger partial charge on any atom is -0.459 e. The lowest BCUT2D eigenvalue weighted by atomic mass is 9.99. The highest BCUT2D eigenvalue weighted by Gasteiger charge is 2.23. The Morgan fingerprint density at radius 2 is 2.12 bits per heavy atom. The van der Waals surface area contributed by atoms with Crippen molar-refractivity contribution >= 4 is 28.3 Å². The number of hydrogen-bond donors (Lipinski definition) is 3. The fraction of sp³-hybridized carbons (Fsp3) is 0.316. The van der Waals surface area contributed by atoms with Crippen LogP contribution in [0.2, 0.25) is 0 Å². The van der Waals surface area contributed by atoms with Gasteiger partial charge in [-0.1, -0.05) is 18.2 Å². The number of thiophene rings is 1. The third-order valence-corrected chi connectivity index (χ3v) is 4.64. The Balaban J connectivity index is 1.66. The lowest BCUT2D eigenvalue weighted by molar-refractivity contribution is 0.0621. The summed E-state index contributed by atoms with van der Waals surface area (Å²) in [6.45, 7) is 5.35. The Hall–Kier alpha value is -2.31. The Morgan fingerprint density at radius 1 is 1.28 bits per heavy atom. The van der Waals surface area contributed by atoms with Crippen LogP contribution < -0.4 is 10.6 Å². The lowest BCUT2D eigenvalue weighted by Crippen LogP contribution is -2.44. The highest BCUT2D eigenvalue weighted by molar-refractivity contribution is 7.08. The molecule has 0 bridgehead atoms. The fourth-order valence-corrected chi connectivity index (χ4v) is 3.33. The molecule has 1 atom stereocenters. The van der Waals surface area contributed by atoms with Gasteiger partial charge in [-0.25, -0.2) is 4.99 Å². The van der Waals surface area contributed by atoms with Crippen LogP contribution in [0, 0.1) is 0 Å². The predicted molar refractivity (Wildman–Crippen MR) is 103 cm³/mol. The molecule has 2 heterocycles. The molecule has 3 rings (SSSR count). The van der Waals surface area contributed by atoms with Gasteiger partial charge in [-0.15, -0.1) is 0 Å². The van der Waals surface area contributed by atoms with E-state index in [0.717, 1.165) is 28.8 Å². The number of benzene rings is 1. The van der Waals surface area contributed by atoms with Crippen LogP contribution in [0.5, 0.6) is 0 Å². The van der Waals surface area contributed by atoms with Crippen LogP contribution in [0.4, 0.5) is 0 Å². The fourth-order valence-electron chi connectivity index (χ4n) is 2.54. The van der Waals surface area contributed by atoms with Crippen molar-refractivity contribution in [1.29, 1.82) is 0 Å². The second-order valence-electron chi connectivity index (χ2n) is 6.09. The van der Waals surface area contributed by atoms with Crippen LogP contribution in [0.25, 0.3) is 11.0 Å². The molecular weight excluding hydrogens is 334 g/mol. The Labute approximate surface area is 151 Å². The third kappa shape index (κ3) is 4.41. The van der Waals surface area contributed by atoms with Gasteiger partial charge >= 0.3 is 0 Å². The van der Waals surface area contributed by atoms with E-state index < -0.39 is 5.60 Å². The summed E-state index contributed by atoms with van der Waals surface area (Å²) >= 11 is 1.57. The molecule has 25 heavy (non-hydrogen) atoms. The summed E-state index contributed by atoms with van der Waals surface area (Å²) in [6, 6.07) is 11.9. The van der Waals surface area contributed by atoms with Gasteiger partial charge in [0.05, 0.1) is 6.54 Å². The van der Waals surface area contributed by atoms with E-state index in [4.69, 9.17) is 4.42 Å². The minimum absolute atomic E-state index is 0.371. The summed E-state index contributed by atoms with van der Waals surface area (Å²) in [5, 5.41) is 22.0. The Bertz CT molecular complexity index is 804. The maximum absolute atomic E-state index is 10.6. The standard InChI is InChI=1S/C19H23N3O2S/c1-3-20-18(22-13-19(2,23)15-8-9-25-12-15)21-11-16-10-14-6-4-5-7-17(14)24-16/h4-10,12,23H,3,11,13H2,1-2H3,(H2,20,21,22). The zero-order valence-corrected chi connectivity index (χ0v) is 15.3. The predicted octanol–water partition coefficient (Wildman–Crippen LogP) is 3.46. The molecule has 0 radical (unpaired) electrons. The van der Waals surface area contributed by atoms with E-state index >= 15 is 0 Å². The van der Waals surface area contributed by atoms with E-state index in [2.05, 4.69) is 15.6 Å². The number of hydrogen-bond acceptors (Lipinski definition) is 4. The van der Waals surface area contributed by atoms with Crippen molar-refractivity contribution in [1.82, 2.24) is 10.6 Å². The average molecular weight is 357 g/mol. The largest absolute Gasteiger partial charge is 0.459 e. The van der Waals surface area contributed by atoms with Gasteiger partial charge < -0.3 is 20.2 Å². The van der Waals surface area contributed by atoms with E-state index in [1.54, 1.807) is 18.3 Å². The number of fused-ring (bicyclic) bond motifs is 1. The second-order valence-corrected chi connectivity index (χ2v) is 6.87. The van der Waals surface area contributed by atoms with Crippen LogP contribution in [-0.4, -0.2) is 24.2 Å². The van der Waals surface area contributed by atoms with E-state index in [-0.39, 0.29) is 0 Å². The van der Waals surface area contributed by atoms with Crippen molar-refractivity contribution in [2.24, 2.45) is 4.99 Å². The van der Waals surface area contributed by atoms with Crippen LogP contribution in [-0.2, 0) is 12.1 Å². The monoisotopic (exact) mass is 357 g/mol. The molecular formula is C19H23N3O2S. The average Bonchev–Trinajstić information content (AvgIpc) is 3.26. The number of furan rings is 1. The zero-order valence-electron chi connectivity index (χ0n) is 14.5. The lowest BCUT2D eigenvalue weighted by Gasteiger charge is -2.24. The number of para-hydroxylation sites is 1. The van der Waals surface area contributed by atoms with Crippen molar-refractivity contribution in [2.45, 2.75) is 26.0 Å². The van der Waals surface area contributed by atoms with E-state index in [1.807, 2.05) is 54.1 Å². The van der Waals surface area contributed by atoms with Crippen molar-refractivity contribution in [3.63, 3.8) is 0 Å².